The van der Waals surface area contributed by atoms with Gasteiger partial charge in [0.15, 0.2) is 0 Å². The lowest BCUT2D eigenvalue weighted by molar-refractivity contribution is 0.204. The summed E-state index contributed by atoms with van der Waals surface area (Å²) < 4.78 is 0. The molecule has 0 saturated carbocycles. The lowest BCUT2D eigenvalue weighted by Crippen LogP contribution is -2.44. The van der Waals surface area contributed by atoms with E-state index >= 15 is 0 Å². The van der Waals surface area contributed by atoms with Gasteiger partial charge >= 0.3 is 0 Å². The molecule has 1 aliphatic rings. The fourth-order valence-electron chi connectivity index (χ4n) is 2.20. The molecule has 1 aliphatic heterocycles. The molecule has 0 amide bonds. The highest BCUT2D eigenvalue weighted by Crippen LogP contribution is 2.26. The molecule has 2 nitrogen and oxygen atoms in total. The molecule has 17 heavy (non-hydrogen) atoms. The summed E-state index contributed by atoms with van der Waals surface area (Å²) >= 11 is 2.04. The Bertz CT molecular complexity index is 424. The van der Waals surface area contributed by atoms with Gasteiger partial charge in [0.25, 0.3) is 0 Å². The molecule has 90 valence electrons. The third-order valence-corrected chi connectivity index (χ3v) is 4.86. The Labute approximate surface area is 108 Å². The van der Waals surface area contributed by atoms with E-state index in [-0.39, 0.29) is 0 Å². The number of thioether (sulfide) groups is 1. The molecule has 0 spiro atoms. The van der Waals surface area contributed by atoms with Gasteiger partial charge in [0.2, 0.25) is 0 Å². The van der Waals surface area contributed by atoms with E-state index in [9.17, 15) is 0 Å². The fourth-order valence-corrected chi connectivity index (χ4v) is 3.37. The van der Waals surface area contributed by atoms with Crippen LogP contribution in [0.15, 0.2) is 24.3 Å². The van der Waals surface area contributed by atoms with Crippen molar-refractivity contribution in [2.75, 3.05) is 12.3 Å². The van der Waals surface area contributed by atoms with Crippen molar-refractivity contribution in [2.45, 2.75) is 31.7 Å². The van der Waals surface area contributed by atoms with Crippen molar-refractivity contribution in [3.8, 4) is 6.07 Å². The van der Waals surface area contributed by atoms with Crippen LogP contribution in [0.2, 0.25) is 0 Å². The first kappa shape index (κ1) is 12.5. The third kappa shape index (κ3) is 2.83. The topological polar surface area (TPSA) is 27.0 Å². The first-order chi connectivity index (χ1) is 8.22. The van der Waals surface area contributed by atoms with Crippen LogP contribution in [0.3, 0.4) is 0 Å². The van der Waals surface area contributed by atoms with Gasteiger partial charge in [-0.25, -0.2) is 0 Å². The molecular weight excluding hydrogens is 228 g/mol. The maximum absolute atomic E-state index is 9.09. The zero-order valence-corrected chi connectivity index (χ0v) is 11.2. The molecule has 0 radical (unpaired) electrons. The molecular formula is C14H18N2S. The second-order valence-electron chi connectivity index (χ2n) is 4.56. The fraction of sp³-hybridized carbons (Fsp3) is 0.500. The van der Waals surface area contributed by atoms with Crippen molar-refractivity contribution < 1.29 is 0 Å². The molecule has 1 heterocycles. The van der Waals surface area contributed by atoms with Gasteiger partial charge in [-0.05, 0) is 18.6 Å². The van der Waals surface area contributed by atoms with Crippen LogP contribution in [0.4, 0.5) is 0 Å². The van der Waals surface area contributed by atoms with Gasteiger partial charge in [0.05, 0.1) is 11.6 Å². The van der Waals surface area contributed by atoms with Gasteiger partial charge < -0.3 is 0 Å². The quantitative estimate of drug-likeness (QED) is 0.803. The van der Waals surface area contributed by atoms with Crippen LogP contribution in [0.5, 0.6) is 0 Å². The minimum Gasteiger partial charge on any atom is -0.294 e. The molecule has 2 atom stereocenters. The monoisotopic (exact) mass is 246 g/mol. The predicted octanol–water partition coefficient (Wildman–Crippen LogP) is 2.88. The SMILES string of the molecule is CC1SCCN(Cc2ccccc2C#N)C1C. The van der Waals surface area contributed by atoms with Crippen LogP contribution >= 0.6 is 11.8 Å². The molecule has 3 heteroatoms. The van der Waals surface area contributed by atoms with Crippen LogP contribution in [0.1, 0.15) is 25.0 Å². The summed E-state index contributed by atoms with van der Waals surface area (Å²) in [7, 11) is 0. The summed E-state index contributed by atoms with van der Waals surface area (Å²) in [6, 6.07) is 10.8. The predicted molar refractivity (Wildman–Crippen MR) is 72.9 cm³/mol. The minimum absolute atomic E-state index is 0.584. The first-order valence-electron chi connectivity index (χ1n) is 6.06. The summed E-state index contributed by atoms with van der Waals surface area (Å²) in [5.41, 5.74) is 1.96. The third-order valence-electron chi connectivity index (χ3n) is 3.53. The highest BCUT2D eigenvalue weighted by molar-refractivity contribution is 8.00. The van der Waals surface area contributed by atoms with E-state index in [0.717, 1.165) is 24.2 Å². The Morgan fingerprint density at radius 1 is 1.41 bits per heavy atom. The molecule has 1 aromatic rings. The first-order valence-corrected chi connectivity index (χ1v) is 7.11. The van der Waals surface area contributed by atoms with E-state index in [1.165, 1.54) is 5.75 Å². The van der Waals surface area contributed by atoms with E-state index < -0.39 is 0 Å². The van der Waals surface area contributed by atoms with Gasteiger partial charge in [-0.2, -0.15) is 17.0 Å². The van der Waals surface area contributed by atoms with Crippen molar-refractivity contribution in [2.24, 2.45) is 0 Å². The smallest absolute Gasteiger partial charge is 0.0995 e. The van der Waals surface area contributed by atoms with Crippen molar-refractivity contribution in [3.63, 3.8) is 0 Å². The molecule has 0 bridgehead atoms. The molecule has 1 fully saturated rings. The zero-order valence-electron chi connectivity index (χ0n) is 10.4. The average Bonchev–Trinajstić information content (AvgIpc) is 2.35. The van der Waals surface area contributed by atoms with E-state index in [1.807, 2.05) is 30.0 Å². The summed E-state index contributed by atoms with van der Waals surface area (Å²) in [6.45, 7) is 6.59. The molecule has 2 rings (SSSR count). The van der Waals surface area contributed by atoms with Crippen molar-refractivity contribution in [3.05, 3.63) is 35.4 Å². The summed E-state index contributed by atoms with van der Waals surface area (Å²) in [5, 5.41) is 9.77. The van der Waals surface area contributed by atoms with E-state index in [1.54, 1.807) is 0 Å². The molecule has 0 aromatic heterocycles. The Morgan fingerprint density at radius 3 is 2.94 bits per heavy atom. The van der Waals surface area contributed by atoms with Crippen molar-refractivity contribution in [1.82, 2.24) is 4.90 Å². The molecule has 1 aromatic carbocycles. The average molecular weight is 246 g/mol. The maximum Gasteiger partial charge on any atom is 0.0995 e. The molecule has 1 saturated heterocycles. The van der Waals surface area contributed by atoms with Crippen molar-refractivity contribution in [1.29, 1.82) is 5.26 Å². The Kier molecular flexibility index (Phi) is 4.09. The van der Waals surface area contributed by atoms with Gasteiger partial charge in [-0.15, -0.1) is 0 Å². The van der Waals surface area contributed by atoms with E-state index in [2.05, 4.69) is 30.9 Å². The standard InChI is InChI=1S/C14H18N2S/c1-11-12(2)17-8-7-16(11)10-14-6-4-3-5-13(14)9-15/h3-6,11-12H,7-8,10H2,1-2H3. The van der Waals surface area contributed by atoms with Crippen LogP contribution < -0.4 is 0 Å². The van der Waals surface area contributed by atoms with Gasteiger partial charge in [-0.3, -0.25) is 4.90 Å². The van der Waals surface area contributed by atoms with E-state index in [4.69, 9.17) is 5.26 Å². The molecule has 2 unspecified atom stereocenters. The number of nitrogens with zero attached hydrogens (tertiary/aromatic N) is 2. The second-order valence-corrected chi connectivity index (χ2v) is 6.04. The van der Waals surface area contributed by atoms with E-state index in [0.29, 0.717) is 11.3 Å². The number of hydrogen-bond donors (Lipinski definition) is 0. The number of rotatable bonds is 2. The largest absolute Gasteiger partial charge is 0.294 e. The van der Waals surface area contributed by atoms with Crippen LogP contribution in [0, 0.1) is 11.3 Å². The molecule has 0 N–H and O–H groups in total. The number of benzene rings is 1. The molecule has 0 aliphatic carbocycles. The Morgan fingerprint density at radius 2 is 2.18 bits per heavy atom. The normalized spacial score (nSPS) is 25.5. The Balaban J connectivity index is 2.12. The van der Waals surface area contributed by atoms with Crippen LogP contribution in [-0.2, 0) is 6.54 Å². The summed E-state index contributed by atoms with van der Waals surface area (Å²) in [5.74, 6) is 1.19. The number of hydrogen-bond acceptors (Lipinski definition) is 3. The number of nitriles is 1. The summed E-state index contributed by atoms with van der Waals surface area (Å²) in [4.78, 5) is 2.48. The van der Waals surface area contributed by atoms with Gasteiger partial charge in [-0.1, -0.05) is 25.1 Å². The minimum atomic E-state index is 0.584. The van der Waals surface area contributed by atoms with Crippen LogP contribution in [0.25, 0.3) is 0 Å². The summed E-state index contributed by atoms with van der Waals surface area (Å²) in [6.07, 6.45) is 0. The maximum atomic E-state index is 9.09. The zero-order chi connectivity index (χ0) is 12.3. The highest BCUT2D eigenvalue weighted by Gasteiger charge is 2.25. The van der Waals surface area contributed by atoms with Gasteiger partial charge in [0.1, 0.15) is 0 Å². The van der Waals surface area contributed by atoms with Gasteiger partial charge in [0, 0.05) is 30.1 Å². The highest BCUT2D eigenvalue weighted by atomic mass is 32.2. The lowest BCUT2D eigenvalue weighted by atomic mass is 10.1. The van der Waals surface area contributed by atoms with Crippen molar-refractivity contribution >= 4 is 11.8 Å². The Hall–Kier alpha value is -0.980. The lowest BCUT2D eigenvalue weighted by Gasteiger charge is -2.37. The second kappa shape index (κ2) is 5.57. The van der Waals surface area contributed by atoms with Crippen LogP contribution in [-0.4, -0.2) is 28.5 Å².